The molecule has 62 valence electrons. The Hall–Kier alpha value is -0.590. The topological polar surface area (TPSA) is 17.1 Å². The molecule has 0 heterocycles. The molecule has 1 rings (SSSR count). The van der Waals surface area contributed by atoms with Crippen LogP contribution < -0.4 is 0 Å². The van der Waals surface area contributed by atoms with Crippen molar-refractivity contribution in [1.82, 2.24) is 0 Å². The smallest absolute Gasteiger partial charge is 0.158 e. The molecule has 0 amide bonds. The van der Waals surface area contributed by atoms with Gasteiger partial charge in [-0.3, -0.25) is 4.79 Å². The third-order valence-electron chi connectivity index (χ3n) is 2.46. The lowest BCUT2D eigenvalue weighted by Crippen LogP contribution is -2.16. The molecule has 0 N–H and O–H groups in total. The molecular formula is C10H16O. The number of rotatable bonds is 1. The van der Waals surface area contributed by atoms with Crippen LogP contribution in [0.1, 0.15) is 33.6 Å². The van der Waals surface area contributed by atoms with Crippen molar-refractivity contribution >= 4 is 5.78 Å². The third-order valence-corrected chi connectivity index (χ3v) is 2.46. The van der Waals surface area contributed by atoms with E-state index < -0.39 is 0 Å². The maximum atomic E-state index is 11.1. The number of allylic oxidation sites excluding steroid dienone is 2. The van der Waals surface area contributed by atoms with Crippen molar-refractivity contribution in [2.45, 2.75) is 33.6 Å². The van der Waals surface area contributed by atoms with Gasteiger partial charge in [0.25, 0.3) is 0 Å². The molecule has 0 aromatic heterocycles. The second kappa shape index (κ2) is 3.21. The zero-order valence-electron chi connectivity index (χ0n) is 7.55. The SMILES string of the molecule is CC1=C[C@@H](C(C)C)CCC1=O. The highest BCUT2D eigenvalue weighted by molar-refractivity contribution is 5.95. The van der Waals surface area contributed by atoms with E-state index in [1.165, 1.54) is 0 Å². The molecule has 0 saturated carbocycles. The maximum Gasteiger partial charge on any atom is 0.158 e. The van der Waals surface area contributed by atoms with Crippen molar-refractivity contribution < 1.29 is 4.79 Å². The van der Waals surface area contributed by atoms with Crippen molar-refractivity contribution in [2.24, 2.45) is 11.8 Å². The van der Waals surface area contributed by atoms with E-state index in [-0.39, 0.29) is 0 Å². The average Bonchev–Trinajstić information content (AvgIpc) is 1.94. The van der Waals surface area contributed by atoms with Crippen LogP contribution in [-0.4, -0.2) is 5.78 Å². The molecule has 11 heavy (non-hydrogen) atoms. The van der Waals surface area contributed by atoms with Crippen molar-refractivity contribution in [1.29, 1.82) is 0 Å². The van der Waals surface area contributed by atoms with Gasteiger partial charge in [0, 0.05) is 6.42 Å². The molecule has 1 aliphatic carbocycles. The summed E-state index contributed by atoms with van der Waals surface area (Å²) in [7, 11) is 0. The first-order valence-corrected chi connectivity index (χ1v) is 4.33. The Balaban J connectivity index is 2.69. The minimum absolute atomic E-state index is 0.335. The van der Waals surface area contributed by atoms with Gasteiger partial charge in [0.2, 0.25) is 0 Å². The monoisotopic (exact) mass is 152 g/mol. The van der Waals surface area contributed by atoms with Gasteiger partial charge in [-0.1, -0.05) is 19.9 Å². The fraction of sp³-hybridized carbons (Fsp3) is 0.700. The Morgan fingerprint density at radius 2 is 2.18 bits per heavy atom. The first-order valence-electron chi connectivity index (χ1n) is 4.33. The number of Topliss-reactive ketones (excluding diaryl/α,β-unsaturated/α-hetero) is 1. The van der Waals surface area contributed by atoms with Crippen LogP contribution in [0.15, 0.2) is 11.6 Å². The molecule has 0 saturated heterocycles. The standard InChI is InChI=1S/C10H16O/c1-7(2)9-4-5-10(11)8(3)6-9/h6-7,9H,4-5H2,1-3H3/t9-/m0/s1. The van der Waals surface area contributed by atoms with Crippen LogP contribution in [0, 0.1) is 11.8 Å². The average molecular weight is 152 g/mol. The van der Waals surface area contributed by atoms with Crippen LogP contribution in [0.3, 0.4) is 0 Å². The normalized spacial score (nSPS) is 25.6. The van der Waals surface area contributed by atoms with Crippen molar-refractivity contribution in [3.8, 4) is 0 Å². The number of hydrogen-bond donors (Lipinski definition) is 0. The molecule has 0 spiro atoms. The highest BCUT2D eigenvalue weighted by Gasteiger charge is 2.19. The summed E-state index contributed by atoms with van der Waals surface area (Å²) in [6.45, 7) is 6.35. The molecule has 0 radical (unpaired) electrons. The summed E-state index contributed by atoms with van der Waals surface area (Å²) in [5, 5.41) is 0. The van der Waals surface area contributed by atoms with E-state index in [1.807, 2.05) is 6.92 Å². The van der Waals surface area contributed by atoms with Gasteiger partial charge in [0.15, 0.2) is 5.78 Å². The van der Waals surface area contributed by atoms with Gasteiger partial charge in [-0.15, -0.1) is 0 Å². The number of hydrogen-bond acceptors (Lipinski definition) is 1. The summed E-state index contributed by atoms with van der Waals surface area (Å²) in [5.41, 5.74) is 0.968. The lowest BCUT2D eigenvalue weighted by atomic mass is 9.83. The van der Waals surface area contributed by atoms with Gasteiger partial charge in [0.1, 0.15) is 0 Å². The number of carbonyl (C=O) groups is 1. The Morgan fingerprint density at radius 1 is 1.55 bits per heavy atom. The largest absolute Gasteiger partial charge is 0.295 e. The zero-order chi connectivity index (χ0) is 8.43. The van der Waals surface area contributed by atoms with E-state index in [4.69, 9.17) is 0 Å². The summed E-state index contributed by atoms with van der Waals surface area (Å²) < 4.78 is 0. The predicted octanol–water partition coefficient (Wildman–Crippen LogP) is 2.57. The molecule has 0 aliphatic heterocycles. The fourth-order valence-electron chi connectivity index (χ4n) is 1.52. The number of carbonyl (C=O) groups excluding carboxylic acids is 1. The summed E-state index contributed by atoms with van der Waals surface area (Å²) in [6.07, 6.45) is 3.94. The lowest BCUT2D eigenvalue weighted by molar-refractivity contribution is -0.116. The maximum absolute atomic E-state index is 11.1. The predicted molar refractivity (Wildman–Crippen MR) is 46.3 cm³/mol. The van der Waals surface area contributed by atoms with E-state index in [9.17, 15) is 4.79 Å². The van der Waals surface area contributed by atoms with Gasteiger partial charge in [-0.25, -0.2) is 0 Å². The van der Waals surface area contributed by atoms with Crippen LogP contribution in [-0.2, 0) is 4.79 Å². The van der Waals surface area contributed by atoms with Crippen LogP contribution in [0.25, 0.3) is 0 Å². The first kappa shape index (κ1) is 8.51. The fourth-order valence-corrected chi connectivity index (χ4v) is 1.52. The Kier molecular flexibility index (Phi) is 2.48. The van der Waals surface area contributed by atoms with E-state index in [0.29, 0.717) is 17.6 Å². The van der Waals surface area contributed by atoms with Gasteiger partial charge in [0.05, 0.1) is 0 Å². The van der Waals surface area contributed by atoms with Crippen molar-refractivity contribution in [2.75, 3.05) is 0 Å². The molecule has 1 nitrogen and oxygen atoms in total. The van der Waals surface area contributed by atoms with Crippen LogP contribution >= 0.6 is 0 Å². The molecule has 1 aliphatic rings. The molecule has 0 bridgehead atoms. The Morgan fingerprint density at radius 3 is 2.64 bits per heavy atom. The molecular weight excluding hydrogens is 136 g/mol. The van der Waals surface area contributed by atoms with Gasteiger partial charge in [-0.2, -0.15) is 0 Å². The molecule has 0 unspecified atom stereocenters. The highest BCUT2D eigenvalue weighted by Crippen LogP contribution is 2.25. The van der Waals surface area contributed by atoms with E-state index in [0.717, 1.165) is 18.4 Å². The van der Waals surface area contributed by atoms with Crippen molar-refractivity contribution in [3.63, 3.8) is 0 Å². The van der Waals surface area contributed by atoms with Gasteiger partial charge in [-0.05, 0) is 30.8 Å². The highest BCUT2D eigenvalue weighted by atomic mass is 16.1. The second-order valence-corrected chi connectivity index (χ2v) is 3.72. The van der Waals surface area contributed by atoms with Crippen LogP contribution in [0.5, 0.6) is 0 Å². The van der Waals surface area contributed by atoms with Crippen molar-refractivity contribution in [3.05, 3.63) is 11.6 Å². The van der Waals surface area contributed by atoms with E-state index >= 15 is 0 Å². The molecule has 0 aromatic rings. The second-order valence-electron chi connectivity index (χ2n) is 3.72. The van der Waals surface area contributed by atoms with Gasteiger partial charge >= 0.3 is 0 Å². The minimum atomic E-state index is 0.335. The Labute approximate surface area is 68.5 Å². The molecule has 1 heteroatoms. The van der Waals surface area contributed by atoms with E-state index in [1.54, 1.807) is 0 Å². The van der Waals surface area contributed by atoms with Crippen LogP contribution in [0.4, 0.5) is 0 Å². The molecule has 0 fully saturated rings. The first-order chi connectivity index (χ1) is 5.11. The minimum Gasteiger partial charge on any atom is -0.295 e. The van der Waals surface area contributed by atoms with Crippen LogP contribution in [0.2, 0.25) is 0 Å². The quantitative estimate of drug-likeness (QED) is 0.564. The summed E-state index contributed by atoms with van der Waals surface area (Å²) in [5.74, 6) is 1.65. The molecule has 0 aromatic carbocycles. The summed E-state index contributed by atoms with van der Waals surface area (Å²) >= 11 is 0. The number of ketones is 1. The third kappa shape index (κ3) is 1.92. The Bertz CT molecular complexity index is 189. The van der Waals surface area contributed by atoms with E-state index in [2.05, 4.69) is 19.9 Å². The summed E-state index contributed by atoms with van der Waals surface area (Å²) in [4.78, 5) is 11.1. The summed E-state index contributed by atoms with van der Waals surface area (Å²) in [6, 6.07) is 0. The lowest BCUT2D eigenvalue weighted by Gasteiger charge is -2.21. The van der Waals surface area contributed by atoms with Gasteiger partial charge < -0.3 is 0 Å². The molecule has 1 atom stereocenters. The zero-order valence-corrected chi connectivity index (χ0v) is 7.55.